The average molecular weight is 415 g/mol. The van der Waals surface area contributed by atoms with Gasteiger partial charge in [0.15, 0.2) is 11.5 Å². The molecule has 0 unspecified atom stereocenters. The zero-order valence-corrected chi connectivity index (χ0v) is 15.8. The standard InChI is InChI=1S/C17H17BrClNO4/c1-22-14-8-11(19)4-5-12(14)17(21)20-9-10-6-13(18)16(24-3)15(7-10)23-2/h4-8H,9H2,1-3H3,(H,20,21). The van der Waals surface area contributed by atoms with Crippen molar-refractivity contribution in [2.24, 2.45) is 0 Å². The predicted octanol–water partition coefficient (Wildman–Crippen LogP) is 4.06. The van der Waals surface area contributed by atoms with Crippen LogP contribution in [-0.4, -0.2) is 27.2 Å². The van der Waals surface area contributed by atoms with Crippen LogP contribution in [0.5, 0.6) is 17.2 Å². The second-order valence-electron chi connectivity index (χ2n) is 4.84. The molecule has 0 aromatic heterocycles. The lowest BCUT2D eigenvalue weighted by molar-refractivity contribution is 0.0948. The van der Waals surface area contributed by atoms with Crippen LogP contribution in [0.3, 0.4) is 0 Å². The second kappa shape index (κ2) is 8.26. The van der Waals surface area contributed by atoms with Gasteiger partial charge in [-0.15, -0.1) is 0 Å². The first-order valence-corrected chi connectivity index (χ1v) is 8.19. The van der Waals surface area contributed by atoms with Crippen molar-refractivity contribution < 1.29 is 19.0 Å². The van der Waals surface area contributed by atoms with Crippen LogP contribution in [0.1, 0.15) is 15.9 Å². The third kappa shape index (κ3) is 4.13. The fraction of sp³-hybridized carbons (Fsp3) is 0.235. The van der Waals surface area contributed by atoms with Gasteiger partial charge in [-0.2, -0.15) is 0 Å². The molecule has 0 radical (unpaired) electrons. The minimum absolute atomic E-state index is 0.255. The van der Waals surface area contributed by atoms with Gasteiger partial charge in [-0.25, -0.2) is 0 Å². The Morgan fingerprint density at radius 1 is 1.08 bits per heavy atom. The van der Waals surface area contributed by atoms with E-state index in [0.29, 0.717) is 34.4 Å². The summed E-state index contributed by atoms with van der Waals surface area (Å²) in [5, 5.41) is 3.35. The first-order chi connectivity index (χ1) is 11.5. The first-order valence-electron chi connectivity index (χ1n) is 7.02. The van der Waals surface area contributed by atoms with Crippen molar-refractivity contribution >= 4 is 33.4 Å². The smallest absolute Gasteiger partial charge is 0.255 e. The maximum Gasteiger partial charge on any atom is 0.255 e. The largest absolute Gasteiger partial charge is 0.496 e. The summed E-state index contributed by atoms with van der Waals surface area (Å²) in [5.41, 5.74) is 1.28. The van der Waals surface area contributed by atoms with E-state index in [-0.39, 0.29) is 5.91 Å². The molecule has 0 aliphatic rings. The summed E-state index contributed by atoms with van der Waals surface area (Å²) in [6, 6.07) is 8.54. The third-order valence-electron chi connectivity index (χ3n) is 3.35. The van der Waals surface area contributed by atoms with E-state index in [4.69, 9.17) is 25.8 Å². The van der Waals surface area contributed by atoms with Crippen molar-refractivity contribution in [1.29, 1.82) is 0 Å². The molecule has 24 heavy (non-hydrogen) atoms. The summed E-state index contributed by atoms with van der Waals surface area (Å²) in [7, 11) is 4.62. The molecule has 0 bridgehead atoms. The second-order valence-corrected chi connectivity index (χ2v) is 6.13. The molecule has 128 valence electrons. The molecule has 0 spiro atoms. The maximum atomic E-state index is 12.4. The molecule has 2 aromatic carbocycles. The van der Waals surface area contributed by atoms with Gasteiger partial charge in [-0.3, -0.25) is 4.79 Å². The highest BCUT2D eigenvalue weighted by atomic mass is 79.9. The summed E-state index contributed by atoms with van der Waals surface area (Å²) < 4.78 is 16.5. The summed E-state index contributed by atoms with van der Waals surface area (Å²) in [4.78, 5) is 12.4. The van der Waals surface area contributed by atoms with E-state index in [1.165, 1.54) is 7.11 Å². The molecule has 0 aliphatic carbocycles. The lowest BCUT2D eigenvalue weighted by atomic mass is 10.1. The minimum Gasteiger partial charge on any atom is -0.496 e. The number of methoxy groups -OCH3 is 3. The number of ether oxygens (including phenoxy) is 3. The number of benzene rings is 2. The van der Waals surface area contributed by atoms with E-state index >= 15 is 0 Å². The van der Waals surface area contributed by atoms with Crippen molar-refractivity contribution in [3.05, 3.63) is 51.0 Å². The normalized spacial score (nSPS) is 10.2. The summed E-state index contributed by atoms with van der Waals surface area (Å²) in [5.74, 6) is 1.36. The van der Waals surface area contributed by atoms with Crippen LogP contribution >= 0.6 is 27.5 Å². The highest BCUT2D eigenvalue weighted by molar-refractivity contribution is 9.10. The molecule has 0 aliphatic heterocycles. The number of halogens is 2. The Balaban J connectivity index is 2.16. The number of hydrogen-bond donors (Lipinski definition) is 1. The van der Waals surface area contributed by atoms with Crippen molar-refractivity contribution in [3.8, 4) is 17.2 Å². The lowest BCUT2D eigenvalue weighted by Crippen LogP contribution is -2.23. The van der Waals surface area contributed by atoms with Gasteiger partial charge in [0.05, 0.1) is 31.4 Å². The monoisotopic (exact) mass is 413 g/mol. The average Bonchev–Trinajstić information content (AvgIpc) is 2.58. The number of amides is 1. The Labute approximate surface area is 154 Å². The number of nitrogens with one attached hydrogen (secondary N) is 1. The van der Waals surface area contributed by atoms with E-state index in [0.717, 1.165) is 10.0 Å². The van der Waals surface area contributed by atoms with E-state index in [1.54, 1.807) is 32.4 Å². The molecule has 2 rings (SSSR count). The van der Waals surface area contributed by atoms with E-state index in [9.17, 15) is 4.79 Å². The molecule has 0 saturated carbocycles. The Bertz CT molecular complexity index is 752. The zero-order valence-electron chi connectivity index (χ0n) is 13.5. The Hall–Kier alpha value is -1.92. The quantitative estimate of drug-likeness (QED) is 0.774. The number of carbonyl (C=O) groups excluding carboxylic acids is 1. The van der Waals surface area contributed by atoms with E-state index in [1.807, 2.05) is 12.1 Å². The van der Waals surface area contributed by atoms with Crippen molar-refractivity contribution in [2.75, 3.05) is 21.3 Å². The van der Waals surface area contributed by atoms with E-state index < -0.39 is 0 Å². The van der Waals surface area contributed by atoms with E-state index in [2.05, 4.69) is 21.2 Å². The van der Waals surface area contributed by atoms with Crippen LogP contribution in [0.15, 0.2) is 34.8 Å². The van der Waals surface area contributed by atoms with Gasteiger partial charge in [0, 0.05) is 11.6 Å². The highest BCUT2D eigenvalue weighted by Crippen LogP contribution is 2.36. The zero-order chi connectivity index (χ0) is 17.7. The SMILES string of the molecule is COc1cc(Cl)ccc1C(=O)NCc1cc(Br)c(OC)c(OC)c1. The van der Waals surface area contributed by atoms with Gasteiger partial charge in [0.2, 0.25) is 0 Å². The minimum atomic E-state index is -0.255. The van der Waals surface area contributed by atoms with Crippen molar-refractivity contribution in [3.63, 3.8) is 0 Å². The summed E-state index contributed by atoms with van der Waals surface area (Å²) >= 11 is 9.34. The topological polar surface area (TPSA) is 56.8 Å². The molecule has 1 N–H and O–H groups in total. The molecule has 0 heterocycles. The van der Waals surface area contributed by atoms with Crippen molar-refractivity contribution in [1.82, 2.24) is 5.32 Å². The highest BCUT2D eigenvalue weighted by Gasteiger charge is 2.14. The Morgan fingerprint density at radius 3 is 2.42 bits per heavy atom. The molecule has 0 atom stereocenters. The number of hydrogen-bond acceptors (Lipinski definition) is 4. The predicted molar refractivity (Wildman–Crippen MR) is 96.4 cm³/mol. The number of carbonyl (C=O) groups is 1. The molecule has 0 saturated heterocycles. The van der Waals surface area contributed by atoms with Crippen LogP contribution in [0.4, 0.5) is 0 Å². The molecular formula is C17H17BrClNO4. The van der Waals surface area contributed by atoms with Gasteiger partial charge in [0.25, 0.3) is 5.91 Å². The molecule has 0 fully saturated rings. The first kappa shape index (κ1) is 18.4. The van der Waals surface area contributed by atoms with Crippen LogP contribution in [0.2, 0.25) is 5.02 Å². The van der Waals surface area contributed by atoms with Crippen LogP contribution < -0.4 is 19.5 Å². The van der Waals surface area contributed by atoms with Crippen LogP contribution in [-0.2, 0) is 6.54 Å². The molecule has 1 amide bonds. The summed E-state index contributed by atoms with van der Waals surface area (Å²) in [6.07, 6.45) is 0. The van der Waals surface area contributed by atoms with Gasteiger partial charge >= 0.3 is 0 Å². The number of rotatable bonds is 6. The van der Waals surface area contributed by atoms with Crippen molar-refractivity contribution in [2.45, 2.75) is 6.54 Å². The lowest BCUT2D eigenvalue weighted by Gasteiger charge is -2.13. The fourth-order valence-corrected chi connectivity index (χ4v) is 3.02. The molecule has 5 nitrogen and oxygen atoms in total. The van der Waals surface area contributed by atoms with Gasteiger partial charge in [-0.1, -0.05) is 11.6 Å². The maximum absolute atomic E-state index is 12.4. The van der Waals surface area contributed by atoms with Gasteiger partial charge < -0.3 is 19.5 Å². The van der Waals surface area contributed by atoms with Crippen LogP contribution in [0, 0.1) is 0 Å². The molecule has 7 heteroatoms. The fourth-order valence-electron chi connectivity index (χ4n) is 2.20. The Kier molecular flexibility index (Phi) is 6.34. The summed E-state index contributed by atoms with van der Waals surface area (Å²) in [6.45, 7) is 0.323. The molecular weight excluding hydrogens is 398 g/mol. The third-order valence-corrected chi connectivity index (χ3v) is 4.18. The van der Waals surface area contributed by atoms with Crippen LogP contribution in [0.25, 0.3) is 0 Å². The Morgan fingerprint density at radius 2 is 1.79 bits per heavy atom. The van der Waals surface area contributed by atoms with Gasteiger partial charge in [0.1, 0.15) is 5.75 Å². The van der Waals surface area contributed by atoms with Gasteiger partial charge in [-0.05, 0) is 51.8 Å². The molecule has 2 aromatic rings.